The Hall–Kier alpha value is -2.88. The molecule has 0 saturated heterocycles. The van der Waals surface area contributed by atoms with Gasteiger partial charge in [0.25, 0.3) is 0 Å². The van der Waals surface area contributed by atoms with Crippen LogP contribution in [0.25, 0.3) is 21.8 Å². The largest absolute Gasteiger partial charge is 0.253 e. The summed E-state index contributed by atoms with van der Waals surface area (Å²) >= 11 is 0. The van der Waals surface area contributed by atoms with E-state index in [0.29, 0.717) is 0 Å². The molecule has 2 aromatic heterocycles. The Balaban J connectivity index is 0.000000412. The van der Waals surface area contributed by atoms with E-state index in [4.69, 9.17) is 0 Å². The van der Waals surface area contributed by atoms with Crippen molar-refractivity contribution in [3.05, 3.63) is 72.3 Å². The van der Waals surface area contributed by atoms with Crippen molar-refractivity contribution in [1.29, 1.82) is 0 Å². The van der Waals surface area contributed by atoms with E-state index in [1.54, 1.807) is 12.4 Å². The van der Waals surface area contributed by atoms with Crippen molar-refractivity contribution in [2.24, 2.45) is 0 Å². The van der Waals surface area contributed by atoms with Crippen molar-refractivity contribution < 1.29 is 0 Å². The molecule has 4 nitrogen and oxygen atoms in total. The van der Waals surface area contributed by atoms with Crippen LogP contribution in [-0.2, 0) is 0 Å². The monoisotopic (exact) mass is 378 g/mol. The van der Waals surface area contributed by atoms with Crippen molar-refractivity contribution in [3.8, 4) is 0 Å². The molecule has 0 unspecified atom stereocenters. The number of para-hydroxylation sites is 2. The highest BCUT2D eigenvalue weighted by Gasteiger charge is 1.95. The van der Waals surface area contributed by atoms with E-state index in [1.807, 2.05) is 97.9 Å². The number of benzene rings is 2. The topological polar surface area (TPSA) is 51.6 Å². The van der Waals surface area contributed by atoms with Gasteiger partial charge in [-0.2, -0.15) is 10.2 Å². The molecule has 28 heavy (non-hydrogen) atoms. The predicted molar refractivity (Wildman–Crippen MR) is 123 cm³/mol. The number of hydrogen-bond acceptors (Lipinski definition) is 4. The van der Waals surface area contributed by atoms with Crippen LogP contribution in [-0.4, -0.2) is 20.2 Å². The number of rotatable bonds is 0. The minimum atomic E-state index is 0.957. The molecule has 0 aliphatic heterocycles. The summed E-state index contributed by atoms with van der Waals surface area (Å²) in [6, 6.07) is 16.0. The van der Waals surface area contributed by atoms with Gasteiger partial charge in [0.2, 0.25) is 0 Å². The molecule has 2 aromatic carbocycles. The summed E-state index contributed by atoms with van der Waals surface area (Å²) in [5.41, 5.74) is 3.87. The van der Waals surface area contributed by atoms with Gasteiger partial charge in [-0.15, -0.1) is 0 Å². The first-order chi connectivity index (χ1) is 13.7. The van der Waals surface area contributed by atoms with E-state index in [2.05, 4.69) is 26.2 Å². The Bertz CT molecular complexity index is 908. The molecule has 0 radical (unpaired) electrons. The molecule has 4 heteroatoms. The number of hydrogen-bond donors (Lipinski definition) is 0. The highest BCUT2D eigenvalue weighted by molar-refractivity contribution is 5.83. The summed E-state index contributed by atoms with van der Waals surface area (Å²) in [5.74, 6) is 0. The third kappa shape index (κ3) is 7.78. The second kappa shape index (κ2) is 15.2. The van der Waals surface area contributed by atoms with Crippen LogP contribution in [0.4, 0.5) is 0 Å². The lowest BCUT2D eigenvalue weighted by atomic mass is 10.1. The molecular weight excluding hydrogens is 344 g/mol. The van der Waals surface area contributed by atoms with Crippen LogP contribution in [0.1, 0.15) is 52.9 Å². The molecule has 150 valence electrons. The van der Waals surface area contributed by atoms with Crippen LogP contribution >= 0.6 is 0 Å². The Morgan fingerprint density at radius 1 is 0.643 bits per heavy atom. The minimum Gasteiger partial charge on any atom is -0.253 e. The quantitative estimate of drug-likeness (QED) is 0.332. The van der Waals surface area contributed by atoms with Gasteiger partial charge in [-0.05, 0) is 26.0 Å². The van der Waals surface area contributed by atoms with Gasteiger partial charge in [-0.3, -0.25) is 4.98 Å². The standard InChI is InChI=1S/2C9H8N2.3C2H6/c1-7-9-5-3-2-4-8(9)6-10-11-7;1-7-6-10-8-4-2-3-5-9(8)11-7;3*1-2/h2*2-6H,1H3;3*1-2H3. The first kappa shape index (κ1) is 25.1. The fourth-order valence-electron chi connectivity index (χ4n) is 2.22. The van der Waals surface area contributed by atoms with Crippen LogP contribution in [0.15, 0.2) is 60.9 Å². The van der Waals surface area contributed by atoms with E-state index in [1.165, 1.54) is 5.39 Å². The second-order valence-corrected chi connectivity index (χ2v) is 5.02. The maximum Gasteiger partial charge on any atom is 0.0889 e. The molecule has 0 spiro atoms. The van der Waals surface area contributed by atoms with Gasteiger partial charge in [0.05, 0.1) is 28.6 Å². The fraction of sp³-hybridized carbons (Fsp3) is 0.333. The van der Waals surface area contributed by atoms with Crippen molar-refractivity contribution in [2.45, 2.75) is 55.4 Å². The molecule has 0 aliphatic rings. The predicted octanol–water partition coefficient (Wildman–Crippen LogP) is 6.96. The highest BCUT2D eigenvalue weighted by atomic mass is 15.1. The molecule has 0 bridgehead atoms. The van der Waals surface area contributed by atoms with E-state index in [0.717, 1.165) is 27.8 Å². The average Bonchev–Trinajstić information content (AvgIpc) is 2.79. The Labute approximate surface area is 170 Å². The maximum atomic E-state index is 4.31. The third-order valence-electron chi connectivity index (χ3n) is 3.32. The Morgan fingerprint density at radius 3 is 1.86 bits per heavy atom. The van der Waals surface area contributed by atoms with Gasteiger partial charge >= 0.3 is 0 Å². The molecule has 0 fully saturated rings. The molecule has 2 heterocycles. The molecule has 4 aromatic rings. The highest BCUT2D eigenvalue weighted by Crippen LogP contribution is 2.13. The Morgan fingerprint density at radius 2 is 1.21 bits per heavy atom. The van der Waals surface area contributed by atoms with Crippen LogP contribution in [0.3, 0.4) is 0 Å². The smallest absolute Gasteiger partial charge is 0.0889 e. The average molecular weight is 379 g/mol. The number of nitrogens with zero attached hydrogens (tertiary/aromatic N) is 4. The second-order valence-electron chi connectivity index (χ2n) is 5.02. The molecule has 0 saturated carbocycles. The maximum absolute atomic E-state index is 4.31. The Kier molecular flexibility index (Phi) is 13.6. The van der Waals surface area contributed by atoms with Crippen LogP contribution in [0, 0.1) is 13.8 Å². The van der Waals surface area contributed by atoms with Crippen molar-refractivity contribution in [3.63, 3.8) is 0 Å². The zero-order chi connectivity index (χ0) is 21.4. The van der Waals surface area contributed by atoms with Crippen molar-refractivity contribution in [1.82, 2.24) is 20.2 Å². The molecule has 0 atom stereocenters. The molecule has 4 rings (SSSR count). The van der Waals surface area contributed by atoms with Gasteiger partial charge in [0, 0.05) is 17.0 Å². The number of aryl methyl sites for hydroxylation is 2. The van der Waals surface area contributed by atoms with Gasteiger partial charge in [-0.25, -0.2) is 4.98 Å². The summed E-state index contributed by atoms with van der Waals surface area (Å²) < 4.78 is 0. The molecule has 0 amide bonds. The van der Waals surface area contributed by atoms with E-state index < -0.39 is 0 Å². The van der Waals surface area contributed by atoms with E-state index in [-0.39, 0.29) is 0 Å². The summed E-state index contributed by atoms with van der Waals surface area (Å²) in [4.78, 5) is 8.53. The molecular formula is C24H34N4. The van der Waals surface area contributed by atoms with Crippen LogP contribution in [0.5, 0.6) is 0 Å². The first-order valence-electron chi connectivity index (χ1n) is 10.1. The van der Waals surface area contributed by atoms with Gasteiger partial charge < -0.3 is 0 Å². The molecule has 0 N–H and O–H groups in total. The fourth-order valence-corrected chi connectivity index (χ4v) is 2.22. The van der Waals surface area contributed by atoms with Crippen LogP contribution < -0.4 is 0 Å². The first-order valence-corrected chi connectivity index (χ1v) is 10.1. The third-order valence-corrected chi connectivity index (χ3v) is 3.32. The lowest BCUT2D eigenvalue weighted by molar-refractivity contribution is 1.00. The zero-order valence-electron chi connectivity index (χ0n) is 18.6. The normalized spacial score (nSPS) is 8.71. The SMILES string of the molecule is CC.CC.CC.Cc1cnc2ccccc2n1.Cc1nncc2ccccc12. The summed E-state index contributed by atoms with van der Waals surface area (Å²) in [5, 5.41) is 10.2. The minimum absolute atomic E-state index is 0.957. The van der Waals surface area contributed by atoms with Crippen LogP contribution in [0.2, 0.25) is 0 Å². The van der Waals surface area contributed by atoms with Gasteiger partial charge in [0.15, 0.2) is 0 Å². The van der Waals surface area contributed by atoms with Gasteiger partial charge in [-0.1, -0.05) is 77.9 Å². The van der Waals surface area contributed by atoms with E-state index >= 15 is 0 Å². The van der Waals surface area contributed by atoms with Crippen molar-refractivity contribution >= 4 is 21.8 Å². The van der Waals surface area contributed by atoms with E-state index in [9.17, 15) is 0 Å². The van der Waals surface area contributed by atoms with Gasteiger partial charge in [0.1, 0.15) is 0 Å². The summed E-state index contributed by atoms with van der Waals surface area (Å²) in [6.45, 7) is 15.9. The lowest BCUT2D eigenvalue weighted by Crippen LogP contribution is -1.86. The molecule has 0 aliphatic carbocycles. The lowest BCUT2D eigenvalue weighted by Gasteiger charge is -1.96. The summed E-state index contributed by atoms with van der Waals surface area (Å²) in [6.07, 6.45) is 3.56. The summed E-state index contributed by atoms with van der Waals surface area (Å²) in [7, 11) is 0. The number of fused-ring (bicyclic) bond motifs is 2. The van der Waals surface area contributed by atoms with Crippen molar-refractivity contribution in [2.75, 3.05) is 0 Å². The zero-order valence-corrected chi connectivity index (χ0v) is 18.6. The number of aromatic nitrogens is 4.